The Labute approximate surface area is 196 Å². The molecule has 0 radical (unpaired) electrons. The normalized spacial score (nSPS) is 20.9. The van der Waals surface area contributed by atoms with Crippen LogP contribution in [0.25, 0.3) is 0 Å². The Hall–Kier alpha value is -2.66. The van der Waals surface area contributed by atoms with E-state index in [2.05, 4.69) is 16.0 Å². The Kier molecular flexibility index (Phi) is 7.09. The SMILES string of the molecule is CC(C)(C)C(=O)NCc1ccc(Cl)c(C2NC(=O)C(C#N)C(c3ccc(Cl)cc3F)N2)c1. The molecule has 3 N–H and O–H groups in total. The predicted octanol–water partition coefficient (Wildman–Crippen LogP) is 4.39. The molecule has 0 aromatic heterocycles. The van der Waals surface area contributed by atoms with Crippen LogP contribution >= 0.6 is 23.2 Å². The molecule has 1 fully saturated rings. The number of benzene rings is 2. The molecule has 1 aliphatic heterocycles. The molecular weight excluding hydrogens is 454 g/mol. The molecule has 3 rings (SSSR count). The molecule has 168 valence electrons. The van der Waals surface area contributed by atoms with Gasteiger partial charge in [-0.25, -0.2) is 4.39 Å². The van der Waals surface area contributed by atoms with Gasteiger partial charge in [0.05, 0.1) is 12.1 Å². The lowest BCUT2D eigenvalue weighted by molar-refractivity contribution is -0.129. The molecule has 1 saturated heterocycles. The summed E-state index contributed by atoms with van der Waals surface area (Å²) in [5, 5.41) is 18.8. The second-order valence-corrected chi connectivity index (χ2v) is 9.49. The van der Waals surface area contributed by atoms with Gasteiger partial charge in [0.2, 0.25) is 11.8 Å². The number of carbonyl (C=O) groups is 2. The molecule has 0 saturated carbocycles. The molecule has 3 unspecified atom stereocenters. The molecule has 32 heavy (non-hydrogen) atoms. The topological polar surface area (TPSA) is 94.0 Å². The summed E-state index contributed by atoms with van der Waals surface area (Å²) in [5.41, 5.74) is 0.939. The molecule has 6 nitrogen and oxygen atoms in total. The van der Waals surface area contributed by atoms with E-state index in [0.29, 0.717) is 10.6 Å². The third kappa shape index (κ3) is 5.21. The van der Waals surface area contributed by atoms with Crippen LogP contribution in [0, 0.1) is 28.5 Å². The maximum atomic E-state index is 14.6. The molecule has 2 amide bonds. The highest BCUT2D eigenvalue weighted by Crippen LogP contribution is 2.34. The Morgan fingerprint density at radius 3 is 2.53 bits per heavy atom. The van der Waals surface area contributed by atoms with Gasteiger partial charge in [0.15, 0.2) is 0 Å². The van der Waals surface area contributed by atoms with E-state index in [1.54, 1.807) is 18.2 Å². The van der Waals surface area contributed by atoms with Gasteiger partial charge in [0.1, 0.15) is 17.9 Å². The molecule has 0 spiro atoms. The van der Waals surface area contributed by atoms with Crippen LogP contribution in [0.4, 0.5) is 4.39 Å². The lowest BCUT2D eigenvalue weighted by atomic mass is 9.89. The van der Waals surface area contributed by atoms with Crippen molar-refractivity contribution in [2.24, 2.45) is 11.3 Å². The van der Waals surface area contributed by atoms with Crippen molar-refractivity contribution in [1.29, 1.82) is 5.26 Å². The molecule has 2 aromatic rings. The minimum absolute atomic E-state index is 0.103. The van der Waals surface area contributed by atoms with E-state index in [1.165, 1.54) is 12.1 Å². The highest BCUT2D eigenvalue weighted by molar-refractivity contribution is 6.31. The molecular formula is C23H23Cl2FN4O2. The summed E-state index contributed by atoms with van der Waals surface area (Å²) in [6.07, 6.45) is -0.766. The van der Waals surface area contributed by atoms with Crippen molar-refractivity contribution in [3.8, 4) is 6.07 Å². The molecule has 0 bridgehead atoms. The number of nitrogens with one attached hydrogen (secondary N) is 3. The van der Waals surface area contributed by atoms with Crippen LogP contribution in [0.2, 0.25) is 10.0 Å². The van der Waals surface area contributed by atoms with Gasteiger partial charge in [-0.3, -0.25) is 14.9 Å². The molecule has 0 aliphatic carbocycles. The van der Waals surface area contributed by atoms with Gasteiger partial charge in [-0.1, -0.05) is 56.1 Å². The Morgan fingerprint density at radius 1 is 1.19 bits per heavy atom. The molecule has 1 aliphatic rings. The van der Waals surface area contributed by atoms with Crippen LogP contribution in [0.5, 0.6) is 0 Å². The summed E-state index contributed by atoms with van der Waals surface area (Å²) in [6.45, 7) is 5.73. The fraction of sp³-hybridized carbons (Fsp3) is 0.348. The molecule has 3 atom stereocenters. The van der Waals surface area contributed by atoms with Crippen LogP contribution < -0.4 is 16.0 Å². The van der Waals surface area contributed by atoms with Gasteiger partial charge in [0, 0.05) is 33.1 Å². The maximum absolute atomic E-state index is 14.6. The van der Waals surface area contributed by atoms with Crippen LogP contribution in [-0.4, -0.2) is 11.8 Å². The van der Waals surface area contributed by atoms with Crippen molar-refractivity contribution < 1.29 is 14.0 Å². The number of nitriles is 1. The number of nitrogens with zero attached hydrogens (tertiary/aromatic N) is 1. The van der Waals surface area contributed by atoms with Crippen LogP contribution in [-0.2, 0) is 16.1 Å². The van der Waals surface area contributed by atoms with Crippen molar-refractivity contribution in [2.45, 2.75) is 39.5 Å². The first-order valence-electron chi connectivity index (χ1n) is 9.99. The fourth-order valence-corrected chi connectivity index (χ4v) is 3.78. The van der Waals surface area contributed by atoms with Gasteiger partial charge >= 0.3 is 0 Å². The monoisotopic (exact) mass is 476 g/mol. The lowest BCUT2D eigenvalue weighted by Crippen LogP contribution is -2.52. The van der Waals surface area contributed by atoms with E-state index < -0.39 is 35.3 Å². The largest absolute Gasteiger partial charge is 0.352 e. The summed E-state index contributed by atoms with van der Waals surface area (Å²) >= 11 is 12.2. The summed E-state index contributed by atoms with van der Waals surface area (Å²) in [4.78, 5) is 24.8. The van der Waals surface area contributed by atoms with Crippen LogP contribution in [0.15, 0.2) is 36.4 Å². The van der Waals surface area contributed by atoms with E-state index in [1.807, 2.05) is 26.8 Å². The van der Waals surface area contributed by atoms with Crippen molar-refractivity contribution in [2.75, 3.05) is 0 Å². The van der Waals surface area contributed by atoms with Crippen LogP contribution in [0.3, 0.4) is 0 Å². The maximum Gasteiger partial charge on any atom is 0.240 e. The van der Waals surface area contributed by atoms with E-state index in [-0.39, 0.29) is 23.0 Å². The summed E-state index contributed by atoms with van der Waals surface area (Å²) in [5.74, 6) is -2.41. The molecule has 1 heterocycles. The minimum Gasteiger partial charge on any atom is -0.352 e. The minimum atomic E-state index is -1.14. The average molecular weight is 477 g/mol. The quantitative estimate of drug-likeness (QED) is 0.609. The highest BCUT2D eigenvalue weighted by Gasteiger charge is 2.39. The average Bonchev–Trinajstić information content (AvgIpc) is 2.71. The summed E-state index contributed by atoms with van der Waals surface area (Å²) < 4.78 is 14.6. The summed E-state index contributed by atoms with van der Waals surface area (Å²) in [7, 11) is 0. The standard InChI is InChI=1S/C23H23Cl2FN4O2/c1-23(2,3)22(32)28-11-12-4-7-17(25)15(8-12)20-29-19(16(10-27)21(31)30-20)14-6-5-13(24)9-18(14)26/h4-9,16,19-20,29H,11H2,1-3H3,(H,28,32)(H,30,31). The fourth-order valence-electron chi connectivity index (χ4n) is 3.40. The molecule has 2 aromatic carbocycles. The van der Waals surface area contributed by atoms with E-state index in [0.717, 1.165) is 11.6 Å². The van der Waals surface area contributed by atoms with Gasteiger partial charge in [-0.05, 0) is 29.8 Å². The van der Waals surface area contributed by atoms with Crippen LogP contribution in [0.1, 0.15) is 49.7 Å². The van der Waals surface area contributed by atoms with Crippen molar-refractivity contribution >= 4 is 35.0 Å². The number of hydrogen-bond acceptors (Lipinski definition) is 4. The number of amides is 2. The van der Waals surface area contributed by atoms with Crippen molar-refractivity contribution in [1.82, 2.24) is 16.0 Å². The van der Waals surface area contributed by atoms with Gasteiger partial charge in [-0.2, -0.15) is 5.26 Å². The number of hydrogen-bond donors (Lipinski definition) is 3. The molecule has 9 heteroatoms. The first-order valence-corrected chi connectivity index (χ1v) is 10.7. The van der Waals surface area contributed by atoms with Crippen molar-refractivity contribution in [3.63, 3.8) is 0 Å². The Morgan fingerprint density at radius 2 is 1.91 bits per heavy atom. The predicted molar refractivity (Wildman–Crippen MR) is 120 cm³/mol. The summed E-state index contributed by atoms with van der Waals surface area (Å²) in [6, 6.07) is 10.3. The zero-order chi connectivity index (χ0) is 23.6. The zero-order valence-corrected chi connectivity index (χ0v) is 19.3. The number of rotatable bonds is 4. The van der Waals surface area contributed by atoms with Crippen molar-refractivity contribution in [3.05, 3.63) is 69.0 Å². The van der Waals surface area contributed by atoms with E-state index >= 15 is 0 Å². The van der Waals surface area contributed by atoms with Gasteiger partial charge in [0.25, 0.3) is 0 Å². The lowest BCUT2D eigenvalue weighted by Gasteiger charge is -2.35. The Bertz CT molecular complexity index is 1090. The first-order chi connectivity index (χ1) is 15.0. The first kappa shape index (κ1) is 24.0. The smallest absolute Gasteiger partial charge is 0.240 e. The van der Waals surface area contributed by atoms with Gasteiger partial charge in [-0.15, -0.1) is 0 Å². The third-order valence-corrected chi connectivity index (χ3v) is 5.77. The van der Waals surface area contributed by atoms with E-state index in [4.69, 9.17) is 23.2 Å². The van der Waals surface area contributed by atoms with Gasteiger partial charge < -0.3 is 10.6 Å². The number of halogens is 3. The number of carbonyl (C=O) groups excluding carboxylic acids is 2. The second-order valence-electron chi connectivity index (χ2n) is 8.65. The Balaban J connectivity index is 1.89. The second kappa shape index (κ2) is 9.45. The highest BCUT2D eigenvalue weighted by atomic mass is 35.5. The van der Waals surface area contributed by atoms with E-state index in [9.17, 15) is 19.2 Å². The third-order valence-electron chi connectivity index (χ3n) is 5.19. The zero-order valence-electron chi connectivity index (χ0n) is 17.8.